The van der Waals surface area contributed by atoms with Crippen molar-refractivity contribution in [3.05, 3.63) is 0 Å². The molecule has 13 heavy (non-hydrogen) atoms. The Morgan fingerprint density at radius 2 is 1.85 bits per heavy atom. The van der Waals surface area contributed by atoms with Crippen LogP contribution in [-0.4, -0.2) is 24.5 Å². The number of ether oxygens (including phenoxy) is 1. The molecule has 0 saturated heterocycles. The highest BCUT2D eigenvalue weighted by atomic mass is 35.8. The zero-order chi connectivity index (χ0) is 10.3. The van der Waals surface area contributed by atoms with Crippen LogP contribution in [0, 0.1) is 0 Å². The zero-order valence-corrected chi connectivity index (χ0v) is 10.9. The Morgan fingerprint density at radius 1 is 1.23 bits per heavy atom. The van der Waals surface area contributed by atoms with Gasteiger partial charge in [-0.3, -0.25) is 4.79 Å². The van der Waals surface area contributed by atoms with Gasteiger partial charge in [0, 0.05) is 13.0 Å². The molecule has 0 fully saturated rings. The van der Waals surface area contributed by atoms with Gasteiger partial charge in [-0.05, 0) is 24.1 Å². The van der Waals surface area contributed by atoms with E-state index in [0.29, 0.717) is 25.7 Å². The minimum absolute atomic E-state index is 0.229. The summed E-state index contributed by atoms with van der Waals surface area (Å²) in [5.74, 6) is 0. The molecule has 0 aliphatic rings. The molecule has 0 bridgehead atoms. The van der Waals surface area contributed by atoms with Gasteiger partial charge in [0.05, 0.1) is 6.61 Å². The average molecular weight is 284 g/mol. The normalized spacial score (nSPS) is 11.7. The highest BCUT2D eigenvalue weighted by molar-refractivity contribution is 7.64. The van der Waals surface area contributed by atoms with E-state index >= 15 is 0 Å². The summed E-state index contributed by atoms with van der Waals surface area (Å²) in [5, 5.41) is -0.393. The Labute approximate surface area is 97.5 Å². The van der Waals surface area contributed by atoms with Crippen molar-refractivity contribution in [2.45, 2.75) is 18.9 Å². The standard InChI is InChI=1S/C6H10Cl4O2Si/c7-6(11)2-4-12-3-1-5-13(8,9)10/h1-5H2. The fourth-order valence-electron chi connectivity index (χ4n) is 0.629. The van der Waals surface area contributed by atoms with Crippen LogP contribution < -0.4 is 0 Å². The molecule has 0 heterocycles. The second-order valence-electron chi connectivity index (χ2n) is 2.44. The molecule has 0 aliphatic carbocycles. The summed E-state index contributed by atoms with van der Waals surface area (Å²) >= 11 is 22.0. The fourth-order valence-corrected chi connectivity index (χ4v) is 2.45. The van der Waals surface area contributed by atoms with Gasteiger partial charge in [-0.2, -0.15) is 0 Å². The van der Waals surface area contributed by atoms with Gasteiger partial charge in [-0.25, -0.2) is 0 Å². The van der Waals surface area contributed by atoms with E-state index in [-0.39, 0.29) is 6.42 Å². The summed E-state index contributed by atoms with van der Waals surface area (Å²) in [4.78, 5) is 10.3. The lowest BCUT2D eigenvalue weighted by Crippen LogP contribution is -2.10. The summed E-state index contributed by atoms with van der Waals surface area (Å²) in [6.07, 6.45) is 0.936. The van der Waals surface area contributed by atoms with Gasteiger partial charge in [0.25, 0.3) is 0 Å². The van der Waals surface area contributed by atoms with Crippen LogP contribution in [0.1, 0.15) is 12.8 Å². The highest BCUT2D eigenvalue weighted by Gasteiger charge is 2.23. The Kier molecular flexibility index (Phi) is 7.89. The molecule has 78 valence electrons. The first-order valence-corrected chi connectivity index (χ1v) is 9.37. The summed E-state index contributed by atoms with van der Waals surface area (Å²) in [5.41, 5.74) is 0. The summed E-state index contributed by atoms with van der Waals surface area (Å²) in [6, 6.07) is -1.92. The minimum atomic E-state index is -2.50. The largest absolute Gasteiger partial charge is 0.381 e. The number of hydrogen-bond acceptors (Lipinski definition) is 2. The predicted octanol–water partition coefficient (Wildman–Crippen LogP) is 3.20. The average Bonchev–Trinajstić information content (AvgIpc) is 1.93. The Morgan fingerprint density at radius 3 is 2.31 bits per heavy atom. The van der Waals surface area contributed by atoms with E-state index in [1.54, 1.807) is 0 Å². The molecule has 0 atom stereocenters. The lowest BCUT2D eigenvalue weighted by molar-refractivity contribution is -0.112. The molecule has 0 aliphatic heterocycles. The highest BCUT2D eigenvalue weighted by Crippen LogP contribution is 2.26. The van der Waals surface area contributed by atoms with Crippen molar-refractivity contribution in [3.63, 3.8) is 0 Å². The molecule has 0 amide bonds. The lowest BCUT2D eigenvalue weighted by atomic mass is 10.5. The van der Waals surface area contributed by atoms with E-state index in [0.717, 1.165) is 0 Å². The molecule has 2 nitrogen and oxygen atoms in total. The van der Waals surface area contributed by atoms with Crippen molar-refractivity contribution in [3.8, 4) is 0 Å². The van der Waals surface area contributed by atoms with Gasteiger partial charge >= 0.3 is 6.00 Å². The Balaban J connectivity index is 3.13. The van der Waals surface area contributed by atoms with Crippen LogP contribution in [0.15, 0.2) is 0 Å². The third-order valence-electron chi connectivity index (χ3n) is 1.19. The lowest BCUT2D eigenvalue weighted by Gasteiger charge is -2.06. The molecular formula is C6H10Cl4O2Si. The van der Waals surface area contributed by atoms with E-state index in [9.17, 15) is 4.79 Å². The summed E-state index contributed by atoms with van der Waals surface area (Å²) in [7, 11) is 0. The third-order valence-corrected chi connectivity index (χ3v) is 4.00. The van der Waals surface area contributed by atoms with Crippen molar-refractivity contribution >= 4 is 56.1 Å². The van der Waals surface area contributed by atoms with E-state index in [1.807, 2.05) is 0 Å². The Hall–Kier alpha value is 1.01. The van der Waals surface area contributed by atoms with E-state index in [4.69, 9.17) is 49.6 Å². The first-order valence-electron chi connectivity index (χ1n) is 3.74. The SMILES string of the molecule is O=C(Cl)CCOCCC[Si](Cl)(Cl)Cl. The van der Waals surface area contributed by atoms with E-state index < -0.39 is 11.2 Å². The van der Waals surface area contributed by atoms with Gasteiger partial charge in [0.2, 0.25) is 5.24 Å². The quantitative estimate of drug-likeness (QED) is 0.310. The number of rotatable bonds is 7. The van der Waals surface area contributed by atoms with Crippen molar-refractivity contribution < 1.29 is 9.53 Å². The smallest absolute Gasteiger partial charge is 0.341 e. The molecular weight excluding hydrogens is 274 g/mol. The minimum Gasteiger partial charge on any atom is -0.381 e. The summed E-state index contributed by atoms with van der Waals surface area (Å²) in [6.45, 7) is 0.842. The summed E-state index contributed by atoms with van der Waals surface area (Å²) < 4.78 is 5.08. The van der Waals surface area contributed by atoms with Gasteiger partial charge < -0.3 is 4.74 Å². The first-order chi connectivity index (χ1) is 5.92. The van der Waals surface area contributed by atoms with E-state index in [1.165, 1.54) is 0 Å². The first kappa shape index (κ1) is 14.0. The van der Waals surface area contributed by atoms with Crippen LogP contribution in [0.3, 0.4) is 0 Å². The van der Waals surface area contributed by atoms with Crippen LogP contribution >= 0.6 is 44.8 Å². The molecule has 0 rings (SSSR count). The van der Waals surface area contributed by atoms with Gasteiger partial charge in [0.15, 0.2) is 0 Å². The second-order valence-corrected chi connectivity index (χ2v) is 12.1. The van der Waals surface area contributed by atoms with Crippen LogP contribution in [0.4, 0.5) is 0 Å². The number of carbonyl (C=O) groups is 1. The fraction of sp³-hybridized carbons (Fsp3) is 0.833. The molecule has 7 heteroatoms. The third kappa shape index (κ3) is 13.0. The molecule has 0 saturated carbocycles. The molecule has 0 radical (unpaired) electrons. The molecule has 0 unspecified atom stereocenters. The number of carbonyl (C=O) groups excluding carboxylic acids is 1. The molecule has 0 aromatic rings. The van der Waals surface area contributed by atoms with Crippen LogP contribution in [0.2, 0.25) is 6.04 Å². The van der Waals surface area contributed by atoms with Crippen molar-refractivity contribution in [1.29, 1.82) is 0 Å². The van der Waals surface area contributed by atoms with Gasteiger partial charge in [-0.15, -0.1) is 33.2 Å². The predicted molar refractivity (Wildman–Crippen MR) is 59.0 cm³/mol. The van der Waals surface area contributed by atoms with Gasteiger partial charge in [0.1, 0.15) is 0 Å². The topological polar surface area (TPSA) is 26.3 Å². The Bertz CT molecular complexity index is 159. The van der Waals surface area contributed by atoms with Gasteiger partial charge in [-0.1, -0.05) is 0 Å². The van der Waals surface area contributed by atoms with Crippen LogP contribution in [0.5, 0.6) is 0 Å². The van der Waals surface area contributed by atoms with Crippen molar-refractivity contribution in [1.82, 2.24) is 0 Å². The van der Waals surface area contributed by atoms with Crippen LogP contribution in [0.25, 0.3) is 0 Å². The zero-order valence-electron chi connectivity index (χ0n) is 6.86. The maximum absolute atomic E-state index is 10.3. The molecule has 0 spiro atoms. The van der Waals surface area contributed by atoms with Crippen LogP contribution in [-0.2, 0) is 9.53 Å². The molecule has 0 aromatic carbocycles. The van der Waals surface area contributed by atoms with Crippen molar-refractivity contribution in [2.24, 2.45) is 0 Å². The van der Waals surface area contributed by atoms with Crippen molar-refractivity contribution in [2.75, 3.05) is 13.2 Å². The number of hydrogen-bond donors (Lipinski definition) is 0. The number of halogens is 4. The monoisotopic (exact) mass is 282 g/mol. The van der Waals surface area contributed by atoms with E-state index in [2.05, 4.69) is 0 Å². The molecule has 0 aromatic heterocycles. The maximum Gasteiger partial charge on any atom is 0.341 e. The second kappa shape index (κ2) is 7.32. The molecule has 0 N–H and O–H groups in total. The maximum atomic E-state index is 10.3.